The minimum Gasteiger partial charge on any atom is -0.387 e. The molecule has 1 aromatic carbocycles. The molecule has 90 valence electrons. The van der Waals surface area contributed by atoms with Gasteiger partial charge in [-0.15, -0.1) is 0 Å². The molecule has 1 rings (SSSR count). The van der Waals surface area contributed by atoms with Gasteiger partial charge in [-0.05, 0) is 19.4 Å². The number of halogens is 1. The molecule has 0 aliphatic carbocycles. The Bertz CT molecular complexity index is 317. The van der Waals surface area contributed by atoms with E-state index in [1.165, 1.54) is 0 Å². The van der Waals surface area contributed by atoms with Crippen molar-refractivity contribution in [3.05, 3.63) is 34.9 Å². The molecular weight excluding hydrogens is 222 g/mol. The number of hydrogen-bond donors (Lipinski definition) is 2. The molecule has 0 amide bonds. The topological polar surface area (TPSA) is 32.3 Å². The molecule has 0 saturated carbocycles. The summed E-state index contributed by atoms with van der Waals surface area (Å²) in [5, 5.41) is 13.9. The van der Waals surface area contributed by atoms with Gasteiger partial charge in [-0.25, -0.2) is 0 Å². The summed E-state index contributed by atoms with van der Waals surface area (Å²) in [7, 11) is 0. The minimum absolute atomic E-state index is 0.433. The van der Waals surface area contributed by atoms with E-state index < -0.39 is 6.10 Å². The quantitative estimate of drug-likeness (QED) is 0.802. The third-order valence-corrected chi connectivity index (χ3v) is 2.99. The lowest BCUT2D eigenvalue weighted by Crippen LogP contribution is -2.30. The van der Waals surface area contributed by atoms with Crippen LogP contribution < -0.4 is 5.32 Å². The summed E-state index contributed by atoms with van der Waals surface area (Å²) in [5.41, 5.74) is 0.792. The highest BCUT2D eigenvalue weighted by Gasteiger charge is 2.11. The predicted octanol–water partition coefficient (Wildman–Crippen LogP) is 3.15. The van der Waals surface area contributed by atoms with Crippen LogP contribution >= 0.6 is 11.6 Å². The third-order valence-electron chi connectivity index (χ3n) is 2.65. The minimum atomic E-state index is -0.534. The summed E-state index contributed by atoms with van der Waals surface area (Å²) in [6, 6.07) is 7.85. The van der Waals surface area contributed by atoms with Gasteiger partial charge in [0.2, 0.25) is 0 Å². The van der Waals surface area contributed by atoms with Crippen molar-refractivity contribution >= 4 is 11.6 Å². The third kappa shape index (κ3) is 4.12. The Morgan fingerprint density at radius 3 is 2.69 bits per heavy atom. The molecule has 2 N–H and O–H groups in total. The van der Waals surface area contributed by atoms with Crippen LogP contribution in [-0.4, -0.2) is 17.7 Å². The fourth-order valence-electron chi connectivity index (χ4n) is 1.70. The standard InChI is InChI=1S/C13H20ClNO/c1-3-6-10(2)15-9-13(16)11-7-4-5-8-12(11)14/h4-5,7-8,10,13,15-16H,3,6,9H2,1-2H3. The molecule has 0 fully saturated rings. The van der Waals surface area contributed by atoms with E-state index in [1.807, 2.05) is 18.2 Å². The van der Waals surface area contributed by atoms with Crippen molar-refractivity contribution in [2.24, 2.45) is 0 Å². The summed E-state index contributed by atoms with van der Waals surface area (Å²) in [6.45, 7) is 4.83. The highest BCUT2D eigenvalue weighted by atomic mass is 35.5. The van der Waals surface area contributed by atoms with Crippen LogP contribution in [0, 0.1) is 0 Å². The fourth-order valence-corrected chi connectivity index (χ4v) is 1.96. The number of aliphatic hydroxyl groups is 1. The number of aliphatic hydroxyl groups excluding tert-OH is 1. The van der Waals surface area contributed by atoms with E-state index in [4.69, 9.17) is 11.6 Å². The van der Waals surface area contributed by atoms with Crippen LogP contribution in [-0.2, 0) is 0 Å². The van der Waals surface area contributed by atoms with Crippen LogP contribution in [0.1, 0.15) is 38.4 Å². The zero-order chi connectivity index (χ0) is 12.0. The molecule has 0 aliphatic rings. The van der Waals surface area contributed by atoms with E-state index >= 15 is 0 Å². The number of hydrogen-bond acceptors (Lipinski definition) is 2. The second kappa shape index (κ2) is 6.89. The summed E-state index contributed by atoms with van der Waals surface area (Å²) < 4.78 is 0. The molecule has 2 nitrogen and oxygen atoms in total. The smallest absolute Gasteiger partial charge is 0.0928 e. The molecule has 0 heterocycles. The molecule has 0 spiro atoms. The first kappa shape index (κ1) is 13.5. The van der Waals surface area contributed by atoms with Gasteiger partial charge in [-0.1, -0.05) is 43.1 Å². The number of nitrogens with one attached hydrogen (secondary N) is 1. The molecular formula is C13H20ClNO. The van der Waals surface area contributed by atoms with Gasteiger partial charge in [0.1, 0.15) is 0 Å². The SMILES string of the molecule is CCCC(C)NCC(O)c1ccccc1Cl. The normalized spacial score (nSPS) is 14.8. The molecule has 1 aromatic rings. The average Bonchev–Trinajstić information content (AvgIpc) is 2.27. The van der Waals surface area contributed by atoms with E-state index in [2.05, 4.69) is 19.2 Å². The monoisotopic (exact) mass is 241 g/mol. The van der Waals surface area contributed by atoms with Crippen LogP contribution in [0.2, 0.25) is 5.02 Å². The zero-order valence-electron chi connectivity index (χ0n) is 9.91. The van der Waals surface area contributed by atoms with Crippen molar-refractivity contribution in [2.45, 2.75) is 38.8 Å². The van der Waals surface area contributed by atoms with Crippen LogP contribution in [0.5, 0.6) is 0 Å². The molecule has 0 aromatic heterocycles. The van der Waals surface area contributed by atoms with E-state index in [0.29, 0.717) is 17.6 Å². The molecule has 2 unspecified atom stereocenters. The summed E-state index contributed by atoms with van der Waals surface area (Å²) in [6.07, 6.45) is 1.74. The van der Waals surface area contributed by atoms with Crippen molar-refractivity contribution in [3.8, 4) is 0 Å². The molecule has 0 saturated heterocycles. The zero-order valence-corrected chi connectivity index (χ0v) is 10.7. The molecule has 0 aliphatic heterocycles. The predicted molar refractivity (Wildman–Crippen MR) is 68.8 cm³/mol. The molecule has 16 heavy (non-hydrogen) atoms. The van der Waals surface area contributed by atoms with E-state index in [1.54, 1.807) is 6.07 Å². The maximum Gasteiger partial charge on any atom is 0.0928 e. The number of benzene rings is 1. The van der Waals surface area contributed by atoms with Gasteiger partial charge < -0.3 is 10.4 Å². The molecule has 2 atom stereocenters. The Balaban J connectivity index is 2.46. The van der Waals surface area contributed by atoms with Gasteiger partial charge in [0.05, 0.1) is 6.10 Å². The Labute approximate surface area is 103 Å². The maximum atomic E-state index is 9.97. The van der Waals surface area contributed by atoms with Crippen LogP contribution in [0.25, 0.3) is 0 Å². The number of rotatable bonds is 6. The lowest BCUT2D eigenvalue weighted by molar-refractivity contribution is 0.170. The Morgan fingerprint density at radius 2 is 2.06 bits per heavy atom. The molecule has 0 radical (unpaired) electrons. The van der Waals surface area contributed by atoms with E-state index in [9.17, 15) is 5.11 Å². The van der Waals surface area contributed by atoms with Crippen LogP contribution in [0.3, 0.4) is 0 Å². The Kier molecular flexibility index (Phi) is 5.81. The summed E-state index contributed by atoms with van der Waals surface area (Å²) in [4.78, 5) is 0. The fraction of sp³-hybridized carbons (Fsp3) is 0.538. The molecule has 0 bridgehead atoms. The van der Waals surface area contributed by atoms with Gasteiger partial charge in [-0.3, -0.25) is 0 Å². The summed E-state index contributed by atoms with van der Waals surface area (Å²) >= 11 is 6.01. The first-order chi connectivity index (χ1) is 7.65. The van der Waals surface area contributed by atoms with Crippen molar-refractivity contribution in [2.75, 3.05) is 6.54 Å². The van der Waals surface area contributed by atoms with E-state index in [-0.39, 0.29) is 0 Å². The van der Waals surface area contributed by atoms with Crippen molar-refractivity contribution in [1.29, 1.82) is 0 Å². The lowest BCUT2D eigenvalue weighted by Gasteiger charge is -2.17. The van der Waals surface area contributed by atoms with Crippen LogP contribution in [0.4, 0.5) is 0 Å². The van der Waals surface area contributed by atoms with Crippen molar-refractivity contribution < 1.29 is 5.11 Å². The first-order valence-corrected chi connectivity index (χ1v) is 6.18. The van der Waals surface area contributed by atoms with E-state index in [0.717, 1.165) is 18.4 Å². The van der Waals surface area contributed by atoms with Gasteiger partial charge >= 0.3 is 0 Å². The Morgan fingerprint density at radius 1 is 1.38 bits per heavy atom. The summed E-state index contributed by atoms with van der Waals surface area (Å²) in [5.74, 6) is 0. The van der Waals surface area contributed by atoms with Gasteiger partial charge in [-0.2, -0.15) is 0 Å². The highest BCUT2D eigenvalue weighted by molar-refractivity contribution is 6.31. The second-order valence-electron chi connectivity index (χ2n) is 4.14. The lowest BCUT2D eigenvalue weighted by atomic mass is 10.1. The van der Waals surface area contributed by atoms with Gasteiger partial charge in [0.25, 0.3) is 0 Å². The molecule has 3 heteroatoms. The second-order valence-corrected chi connectivity index (χ2v) is 4.54. The van der Waals surface area contributed by atoms with Crippen LogP contribution in [0.15, 0.2) is 24.3 Å². The first-order valence-electron chi connectivity index (χ1n) is 5.81. The largest absolute Gasteiger partial charge is 0.387 e. The average molecular weight is 242 g/mol. The maximum absolute atomic E-state index is 9.97. The van der Waals surface area contributed by atoms with Crippen molar-refractivity contribution in [3.63, 3.8) is 0 Å². The van der Waals surface area contributed by atoms with Gasteiger partial charge in [0, 0.05) is 23.2 Å². The van der Waals surface area contributed by atoms with Gasteiger partial charge in [0.15, 0.2) is 0 Å². The van der Waals surface area contributed by atoms with Crippen molar-refractivity contribution in [1.82, 2.24) is 5.32 Å². The highest BCUT2D eigenvalue weighted by Crippen LogP contribution is 2.21. The Hall–Kier alpha value is -0.570.